The Kier molecular flexibility index (Phi) is 4.15. The fraction of sp³-hybridized carbons (Fsp3) is 0.818. The van der Waals surface area contributed by atoms with Gasteiger partial charge in [-0.2, -0.15) is 0 Å². The predicted octanol–water partition coefficient (Wildman–Crippen LogP) is 1.10. The molecule has 0 aromatic heterocycles. The molecule has 0 aliphatic carbocycles. The van der Waals surface area contributed by atoms with Crippen LogP contribution in [0.5, 0.6) is 0 Å². The Balaban J connectivity index is 2.34. The Morgan fingerprint density at radius 1 is 1.50 bits per heavy atom. The Morgan fingerprint density at radius 3 is 2.50 bits per heavy atom. The van der Waals surface area contributed by atoms with Crippen LogP contribution in [-0.2, 0) is 4.79 Å². The SMILES string of the molecule is CCC(C)CN(C)C(=O)N1CC(C(=O)O)C1. The average Bonchev–Trinajstić information content (AvgIpc) is 2.14. The second-order valence-electron chi connectivity index (χ2n) is 4.62. The van der Waals surface area contributed by atoms with Crippen molar-refractivity contribution in [2.45, 2.75) is 20.3 Å². The molecule has 1 rings (SSSR count). The molecule has 0 radical (unpaired) electrons. The van der Waals surface area contributed by atoms with Crippen LogP contribution in [0.3, 0.4) is 0 Å². The first-order chi connectivity index (χ1) is 7.45. The molecule has 1 unspecified atom stereocenters. The molecule has 5 heteroatoms. The number of likely N-dealkylation sites (tertiary alicyclic amines) is 1. The van der Waals surface area contributed by atoms with Crippen LogP contribution in [0.4, 0.5) is 4.79 Å². The maximum Gasteiger partial charge on any atom is 0.319 e. The van der Waals surface area contributed by atoms with Gasteiger partial charge in [-0.05, 0) is 5.92 Å². The van der Waals surface area contributed by atoms with Gasteiger partial charge in [-0.15, -0.1) is 0 Å². The lowest BCUT2D eigenvalue weighted by Gasteiger charge is -2.39. The zero-order valence-electron chi connectivity index (χ0n) is 10.1. The molecule has 1 heterocycles. The van der Waals surface area contributed by atoms with Gasteiger partial charge in [0.1, 0.15) is 0 Å². The van der Waals surface area contributed by atoms with Crippen molar-refractivity contribution in [3.8, 4) is 0 Å². The van der Waals surface area contributed by atoms with Gasteiger partial charge in [0.25, 0.3) is 0 Å². The summed E-state index contributed by atoms with van der Waals surface area (Å²) in [4.78, 5) is 25.7. The van der Waals surface area contributed by atoms with Crippen molar-refractivity contribution in [1.29, 1.82) is 0 Å². The van der Waals surface area contributed by atoms with Crippen LogP contribution >= 0.6 is 0 Å². The Morgan fingerprint density at radius 2 is 2.06 bits per heavy atom. The Labute approximate surface area is 96.0 Å². The normalized spacial score (nSPS) is 17.8. The van der Waals surface area contributed by atoms with Gasteiger partial charge >= 0.3 is 12.0 Å². The van der Waals surface area contributed by atoms with Crippen molar-refractivity contribution < 1.29 is 14.7 Å². The minimum Gasteiger partial charge on any atom is -0.481 e. The maximum absolute atomic E-state index is 11.8. The highest BCUT2D eigenvalue weighted by atomic mass is 16.4. The van der Waals surface area contributed by atoms with Gasteiger partial charge in [-0.1, -0.05) is 20.3 Å². The molecule has 92 valence electrons. The first kappa shape index (κ1) is 12.8. The molecular formula is C11H20N2O3. The van der Waals surface area contributed by atoms with Crippen LogP contribution in [0.1, 0.15) is 20.3 Å². The highest BCUT2D eigenvalue weighted by Gasteiger charge is 2.36. The third kappa shape index (κ3) is 2.87. The maximum atomic E-state index is 11.8. The monoisotopic (exact) mass is 228 g/mol. The van der Waals surface area contributed by atoms with E-state index in [2.05, 4.69) is 13.8 Å². The molecule has 2 amide bonds. The van der Waals surface area contributed by atoms with Gasteiger partial charge in [0.15, 0.2) is 0 Å². The average molecular weight is 228 g/mol. The number of nitrogens with zero attached hydrogens (tertiary/aromatic N) is 2. The lowest BCUT2D eigenvalue weighted by Crippen LogP contribution is -2.56. The molecule has 1 saturated heterocycles. The molecule has 1 fully saturated rings. The van der Waals surface area contributed by atoms with E-state index in [0.717, 1.165) is 13.0 Å². The quantitative estimate of drug-likeness (QED) is 0.783. The Bertz CT molecular complexity index is 274. The van der Waals surface area contributed by atoms with E-state index in [4.69, 9.17) is 5.11 Å². The number of hydrogen-bond donors (Lipinski definition) is 1. The number of carbonyl (C=O) groups is 2. The summed E-state index contributed by atoms with van der Waals surface area (Å²) in [6.45, 7) is 5.61. The van der Waals surface area contributed by atoms with Gasteiger partial charge in [-0.3, -0.25) is 4.79 Å². The second kappa shape index (κ2) is 5.18. The highest BCUT2D eigenvalue weighted by molar-refractivity contribution is 5.79. The summed E-state index contributed by atoms with van der Waals surface area (Å²) < 4.78 is 0. The summed E-state index contributed by atoms with van der Waals surface area (Å²) >= 11 is 0. The van der Waals surface area contributed by atoms with E-state index in [-0.39, 0.29) is 11.9 Å². The molecule has 0 spiro atoms. The molecule has 16 heavy (non-hydrogen) atoms. The number of carboxylic acids is 1. The summed E-state index contributed by atoms with van der Waals surface area (Å²) in [6.07, 6.45) is 1.04. The number of carbonyl (C=O) groups excluding carboxylic acids is 1. The van der Waals surface area contributed by atoms with Crippen LogP contribution in [0, 0.1) is 11.8 Å². The lowest BCUT2D eigenvalue weighted by atomic mass is 10.0. The predicted molar refractivity (Wildman–Crippen MR) is 60.2 cm³/mol. The standard InChI is InChI=1S/C11H20N2O3/c1-4-8(2)5-12(3)11(16)13-6-9(7-13)10(14)15/h8-9H,4-7H2,1-3H3,(H,14,15). The van der Waals surface area contributed by atoms with Crippen molar-refractivity contribution in [2.24, 2.45) is 11.8 Å². The van der Waals surface area contributed by atoms with Gasteiger partial charge in [0.05, 0.1) is 5.92 Å². The van der Waals surface area contributed by atoms with E-state index in [1.165, 1.54) is 0 Å². The van der Waals surface area contributed by atoms with Crippen LogP contribution in [0.15, 0.2) is 0 Å². The van der Waals surface area contributed by atoms with Crippen LogP contribution in [0.25, 0.3) is 0 Å². The summed E-state index contributed by atoms with van der Waals surface area (Å²) in [5.41, 5.74) is 0. The number of urea groups is 1. The third-order valence-electron chi connectivity index (χ3n) is 3.11. The molecule has 1 N–H and O–H groups in total. The van der Waals surface area contributed by atoms with E-state index in [1.54, 1.807) is 16.8 Å². The molecule has 1 atom stereocenters. The smallest absolute Gasteiger partial charge is 0.319 e. The molecule has 0 aromatic rings. The topological polar surface area (TPSA) is 60.9 Å². The van der Waals surface area contributed by atoms with Gasteiger partial charge < -0.3 is 14.9 Å². The molecule has 0 aromatic carbocycles. The minimum absolute atomic E-state index is 0.0576. The van der Waals surface area contributed by atoms with E-state index < -0.39 is 5.97 Å². The van der Waals surface area contributed by atoms with E-state index >= 15 is 0 Å². The first-order valence-electron chi connectivity index (χ1n) is 5.68. The van der Waals surface area contributed by atoms with Crippen molar-refractivity contribution >= 4 is 12.0 Å². The largest absolute Gasteiger partial charge is 0.481 e. The van der Waals surface area contributed by atoms with Gasteiger partial charge in [0.2, 0.25) is 0 Å². The van der Waals surface area contributed by atoms with Crippen molar-refractivity contribution in [3.05, 3.63) is 0 Å². The van der Waals surface area contributed by atoms with E-state index in [0.29, 0.717) is 19.0 Å². The summed E-state index contributed by atoms with van der Waals surface area (Å²) in [6, 6.07) is -0.0576. The van der Waals surface area contributed by atoms with E-state index in [1.807, 2.05) is 0 Å². The highest BCUT2D eigenvalue weighted by Crippen LogP contribution is 2.17. The zero-order chi connectivity index (χ0) is 12.3. The minimum atomic E-state index is -0.811. The van der Waals surface area contributed by atoms with Crippen LogP contribution < -0.4 is 0 Å². The first-order valence-corrected chi connectivity index (χ1v) is 5.68. The van der Waals surface area contributed by atoms with Crippen molar-refractivity contribution in [1.82, 2.24) is 9.80 Å². The number of amides is 2. The Hall–Kier alpha value is -1.26. The van der Waals surface area contributed by atoms with Gasteiger partial charge in [-0.25, -0.2) is 4.79 Å². The summed E-state index contributed by atoms with van der Waals surface area (Å²) in [5.74, 6) is -0.708. The number of rotatable bonds is 4. The lowest BCUT2D eigenvalue weighted by molar-refractivity contribution is -0.146. The fourth-order valence-electron chi connectivity index (χ4n) is 1.71. The van der Waals surface area contributed by atoms with Crippen molar-refractivity contribution in [2.75, 3.05) is 26.7 Å². The molecule has 1 aliphatic rings. The number of aliphatic carboxylic acids is 1. The van der Waals surface area contributed by atoms with Crippen LogP contribution in [0.2, 0.25) is 0 Å². The molecule has 0 bridgehead atoms. The van der Waals surface area contributed by atoms with Crippen LogP contribution in [-0.4, -0.2) is 53.6 Å². The van der Waals surface area contributed by atoms with E-state index in [9.17, 15) is 9.59 Å². The number of carboxylic acid groups (broad SMARTS) is 1. The molecule has 1 aliphatic heterocycles. The van der Waals surface area contributed by atoms with Gasteiger partial charge in [0, 0.05) is 26.7 Å². The molecule has 5 nitrogen and oxygen atoms in total. The summed E-state index contributed by atoms with van der Waals surface area (Å²) in [5, 5.41) is 8.70. The summed E-state index contributed by atoms with van der Waals surface area (Å²) in [7, 11) is 1.77. The third-order valence-corrected chi connectivity index (χ3v) is 3.11. The zero-order valence-corrected chi connectivity index (χ0v) is 10.1. The number of hydrogen-bond acceptors (Lipinski definition) is 2. The second-order valence-corrected chi connectivity index (χ2v) is 4.62. The fourth-order valence-corrected chi connectivity index (χ4v) is 1.71. The van der Waals surface area contributed by atoms with Crippen molar-refractivity contribution in [3.63, 3.8) is 0 Å². The molecular weight excluding hydrogens is 208 g/mol. The molecule has 0 saturated carbocycles.